The lowest BCUT2D eigenvalue weighted by Gasteiger charge is -2.34. The van der Waals surface area contributed by atoms with E-state index in [1.807, 2.05) is 4.40 Å². The van der Waals surface area contributed by atoms with Crippen molar-refractivity contribution in [2.75, 3.05) is 38.0 Å². The van der Waals surface area contributed by atoms with Crippen LogP contribution >= 0.6 is 0 Å². The first-order chi connectivity index (χ1) is 14.0. The van der Waals surface area contributed by atoms with Crippen LogP contribution in [0.3, 0.4) is 0 Å². The Bertz CT molecular complexity index is 1040. The third-order valence-corrected chi connectivity index (χ3v) is 5.03. The topological polar surface area (TPSA) is 82.8 Å². The van der Waals surface area contributed by atoms with Gasteiger partial charge in [-0.15, -0.1) is 0 Å². The number of benzene rings is 1. The van der Waals surface area contributed by atoms with E-state index < -0.39 is 0 Å². The lowest BCUT2D eigenvalue weighted by molar-refractivity contribution is -0.137. The summed E-state index contributed by atoms with van der Waals surface area (Å²) in [5.74, 6) is 0.291. The van der Waals surface area contributed by atoms with Crippen molar-refractivity contribution in [1.29, 1.82) is 0 Å². The first-order valence-electron chi connectivity index (χ1n) is 9.38. The molecule has 4 rings (SSSR count). The van der Waals surface area contributed by atoms with Gasteiger partial charge in [0.15, 0.2) is 5.65 Å². The summed E-state index contributed by atoms with van der Waals surface area (Å²) in [6.45, 7) is 3.75. The molecule has 1 aliphatic rings. The molecule has 1 aliphatic heterocycles. The molecule has 0 unspecified atom stereocenters. The van der Waals surface area contributed by atoms with Crippen LogP contribution in [0.2, 0.25) is 0 Å². The summed E-state index contributed by atoms with van der Waals surface area (Å²) in [4.78, 5) is 36.3. The lowest BCUT2D eigenvalue weighted by atomic mass is 10.1. The summed E-state index contributed by atoms with van der Waals surface area (Å²) in [6, 6.07) is 6.05. The normalized spacial score (nSPS) is 14.3. The van der Waals surface area contributed by atoms with Gasteiger partial charge < -0.3 is 15.1 Å². The summed E-state index contributed by atoms with van der Waals surface area (Å²) in [5.41, 5.74) is 1.98. The quantitative estimate of drug-likeness (QED) is 0.725. The fraction of sp³-hybridized carbons (Fsp3) is 0.300. The predicted octanol–water partition coefficient (Wildman–Crippen LogP) is 1.64. The number of aromatic nitrogens is 3. The van der Waals surface area contributed by atoms with Gasteiger partial charge >= 0.3 is 0 Å². The van der Waals surface area contributed by atoms with Crippen LogP contribution in [0.15, 0.2) is 42.9 Å². The molecule has 1 saturated heterocycles. The van der Waals surface area contributed by atoms with Crippen LogP contribution in [0.4, 0.5) is 10.2 Å². The molecule has 0 spiro atoms. The van der Waals surface area contributed by atoms with Crippen molar-refractivity contribution >= 4 is 23.3 Å². The number of hydrogen-bond acceptors (Lipinski definition) is 5. The van der Waals surface area contributed by atoms with Crippen LogP contribution in [0, 0.1) is 5.82 Å². The molecule has 29 heavy (non-hydrogen) atoms. The van der Waals surface area contributed by atoms with Crippen LogP contribution in [-0.4, -0.2) is 68.7 Å². The number of amides is 2. The van der Waals surface area contributed by atoms with E-state index >= 15 is 0 Å². The molecule has 9 heteroatoms. The zero-order valence-electron chi connectivity index (χ0n) is 16.0. The minimum atomic E-state index is -0.325. The highest BCUT2D eigenvalue weighted by molar-refractivity contribution is 5.84. The number of imidazole rings is 1. The van der Waals surface area contributed by atoms with Crippen molar-refractivity contribution in [3.05, 3.63) is 48.7 Å². The standard InChI is InChI=1S/C20H21FN6O2/c1-14(28)25-8-10-26(11-9-25)18(29)13-23-20-19(15-2-4-16(21)5-3-15)24-17-12-22-6-7-27(17)20/h2-7,12,23H,8-11,13H2,1H3. The maximum atomic E-state index is 13.3. The van der Waals surface area contributed by atoms with E-state index in [-0.39, 0.29) is 24.2 Å². The molecule has 2 amide bonds. The number of rotatable bonds is 4. The summed E-state index contributed by atoms with van der Waals surface area (Å²) in [7, 11) is 0. The summed E-state index contributed by atoms with van der Waals surface area (Å²) >= 11 is 0. The van der Waals surface area contributed by atoms with Crippen LogP contribution in [0.5, 0.6) is 0 Å². The number of nitrogens with one attached hydrogen (secondary N) is 1. The number of carbonyl (C=O) groups excluding carboxylic acids is 2. The van der Waals surface area contributed by atoms with Gasteiger partial charge in [-0.2, -0.15) is 0 Å². The monoisotopic (exact) mass is 396 g/mol. The van der Waals surface area contributed by atoms with E-state index in [9.17, 15) is 14.0 Å². The molecule has 0 atom stereocenters. The van der Waals surface area contributed by atoms with E-state index in [2.05, 4.69) is 15.3 Å². The van der Waals surface area contributed by atoms with Gasteiger partial charge in [-0.25, -0.2) is 9.37 Å². The Kier molecular flexibility index (Phi) is 5.11. The Morgan fingerprint density at radius 1 is 1.10 bits per heavy atom. The van der Waals surface area contributed by atoms with Crippen molar-refractivity contribution < 1.29 is 14.0 Å². The van der Waals surface area contributed by atoms with E-state index in [0.717, 1.165) is 5.56 Å². The van der Waals surface area contributed by atoms with Crippen LogP contribution < -0.4 is 5.32 Å². The predicted molar refractivity (Wildman–Crippen MR) is 106 cm³/mol. The van der Waals surface area contributed by atoms with Crippen LogP contribution in [-0.2, 0) is 9.59 Å². The van der Waals surface area contributed by atoms with Crippen molar-refractivity contribution in [1.82, 2.24) is 24.2 Å². The number of carbonyl (C=O) groups is 2. The molecule has 3 aromatic rings. The van der Waals surface area contributed by atoms with Crippen molar-refractivity contribution in [2.45, 2.75) is 6.92 Å². The molecule has 0 radical (unpaired) electrons. The Balaban J connectivity index is 1.53. The summed E-state index contributed by atoms with van der Waals surface area (Å²) < 4.78 is 15.1. The number of nitrogens with zero attached hydrogens (tertiary/aromatic N) is 5. The zero-order valence-corrected chi connectivity index (χ0v) is 16.0. The van der Waals surface area contributed by atoms with Gasteiger partial charge in [-0.1, -0.05) is 0 Å². The summed E-state index contributed by atoms with van der Waals surface area (Å²) in [6.07, 6.45) is 5.02. The van der Waals surface area contributed by atoms with E-state index in [4.69, 9.17) is 0 Å². The minimum Gasteiger partial charge on any atom is -0.360 e. The highest BCUT2D eigenvalue weighted by atomic mass is 19.1. The number of hydrogen-bond donors (Lipinski definition) is 1. The highest BCUT2D eigenvalue weighted by Crippen LogP contribution is 2.28. The number of anilines is 1. The maximum absolute atomic E-state index is 13.3. The maximum Gasteiger partial charge on any atom is 0.242 e. The Labute approximate surface area is 167 Å². The van der Waals surface area contributed by atoms with Gasteiger partial charge in [0.1, 0.15) is 17.3 Å². The molecular formula is C20H21FN6O2. The molecule has 1 aromatic carbocycles. The smallest absolute Gasteiger partial charge is 0.242 e. The second-order valence-electron chi connectivity index (χ2n) is 6.86. The number of halogens is 1. The molecule has 0 aliphatic carbocycles. The fourth-order valence-electron chi connectivity index (χ4n) is 3.43. The zero-order chi connectivity index (χ0) is 20.4. The van der Waals surface area contributed by atoms with Crippen molar-refractivity contribution in [3.8, 4) is 11.3 Å². The first-order valence-corrected chi connectivity index (χ1v) is 9.38. The molecule has 150 valence electrons. The Morgan fingerprint density at radius 3 is 2.48 bits per heavy atom. The minimum absolute atomic E-state index is 0.0264. The third-order valence-electron chi connectivity index (χ3n) is 5.03. The Hall–Kier alpha value is -3.49. The first kappa shape index (κ1) is 18.9. The largest absolute Gasteiger partial charge is 0.360 e. The number of fused-ring (bicyclic) bond motifs is 1. The molecule has 0 saturated carbocycles. The molecule has 2 aromatic heterocycles. The van der Waals surface area contributed by atoms with Crippen LogP contribution in [0.1, 0.15) is 6.92 Å². The molecule has 1 N–H and O–H groups in total. The third kappa shape index (κ3) is 3.89. The van der Waals surface area contributed by atoms with Gasteiger partial charge in [0.25, 0.3) is 0 Å². The highest BCUT2D eigenvalue weighted by Gasteiger charge is 2.23. The molecular weight excluding hydrogens is 375 g/mol. The van der Waals surface area contributed by atoms with E-state index in [1.165, 1.54) is 19.1 Å². The average molecular weight is 396 g/mol. The van der Waals surface area contributed by atoms with Gasteiger partial charge in [0, 0.05) is 51.1 Å². The molecule has 3 heterocycles. The lowest BCUT2D eigenvalue weighted by Crippen LogP contribution is -2.51. The van der Waals surface area contributed by atoms with Gasteiger partial charge in [0.2, 0.25) is 11.8 Å². The fourth-order valence-corrected chi connectivity index (χ4v) is 3.43. The van der Waals surface area contributed by atoms with E-state index in [0.29, 0.717) is 43.3 Å². The number of piperazine rings is 1. The van der Waals surface area contributed by atoms with E-state index in [1.54, 1.807) is 40.5 Å². The SMILES string of the molecule is CC(=O)N1CCN(C(=O)CNc2c(-c3ccc(F)cc3)nc3cnccn23)CC1. The second-order valence-corrected chi connectivity index (χ2v) is 6.86. The van der Waals surface area contributed by atoms with Gasteiger partial charge in [-0.05, 0) is 24.3 Å². The van der Waals surface area contributed by atoms with Gasteiger partial charge in [-0.3, -0.25) is 19.0 Å². The van der Waals surface area contributed by atoms with Crippen LogP contribution in [0.25, 0.3) is 16.9 Å². The van der Waals surface area contributed by atoms with Crippen molar-refractivity contribution in [2.24, 2.45) is 0 Å². The van der Waals surface area contributed by atoms with Gasteiger partial charge in [0.05, 0.1) is 12.7 Å². The molecule has 1 fully saturated rings. The molecule has 8 nitrogen and oxygen atoms in total. The molecule has 0 bridgehead atoms. The van der Waals surface area contributed by atoms with Crippen molar-refractivity contribution in [3.63, 3.8) is 0 Å². The Morgan fingerprint density at radius 2 is 1.79 bits per heavy atom. The second kappa shape index (κ2) is 7.86. The average Bonchev–Trinajstić information content (AvgIpc) is 3.11. The summed E-state index contributed by atoms with van der Waals surface area (Å²) in [5, 5.41) is 3.19.